The molecule has 1 saturated carbocycles. The normalized spacial score (nSPS) is 13.9. The Balaban J connectivity index is 0.00000288. The van der Waals surface area contributed by atoms with Gasteiger partial charge in [0.2, 0.25) is 0 Å². The molecule has 0 saturated heterocycles. The largest absolute Gasteiger partial charge is 0.493 e. The van der Waals surface area contributed by atoms with Crippen molar-refractivity contribution in [2.45, 2.75) is 19.3 Å². The Hall–Kier alpha value is -1.22. The van der Waals surface area contributed by atoms with Crippen molar-refractivity contribution in [2.75, 3.05) is 46.3 Å². The Labute approximate surface area is 161 Å². The van der Waals surface area contributed by atoms with Crippen molar-refractivity contribution in [3.05, 3.63) is 18.2 Å². The summed E-state index contributed by atoms with van der Waals surface area (Å²) < 4.78 is 16.2. The second kappa shape index (κ2) is 11.4. The standard InChI is InChI=1S/C17H27N3O3.HI/c1-18-17(19-9-4-10-23-12-13-5-6-13)20-14-7-8-15(21-2)16(11-14)22-3;/h7-8,11,13H,4-6,9-10,12H2,1-3H3,(H2,18,19,20);1H. The van der Waals surface area contributed by atoms with Gasteiger partial charge in [-0.1, -0.05) is 0 Å². The lowest BCUT2D eigenvalue weighted by molar-refractivity contribution is 0.123. The van der Waals surface area contributed by atoms with Crippen LogP contribution in [0.25, 0.3) is 0 Å². The van der Waals surface area contributed by atoms with Gasteiger partial charge in [-0.15, -0.1) is 24.0 Å². The molecule has 24 heavy (non-hydrogen) atoms. The van der Waals surface area contributed by atoms with Crippen LogP contribution in [0.1, 0.15) is 19.3 Å². The summed E-state index contributed by atoms with van der Waals surface area (Å²) in [6.45, 7) is 2.52. The minimum absolute atomic E-state index is 0. The van der Waals surface area contributed by atoms with E-state index in [9.17, 15) is 0 Å². The molecule has 0 aliphatic heterocycles. The molecule has 1 fully saturated rings. The van der Waals surface area contributed by atoms with Crippen LogP contribution in [0.15, 0.2) is 23.2 Å². The van der Waals surface area contributed by atoms with Crippen LogP contribution in [0.2, 0.25) is 0 Å². The van der Waals surface area contributed by atoms with Gasteiger partial charge in [0.15, 0.2) is 17.5 Å². The van der Waals surface area contributed by atoms with Gasteiger partial charge in [-0.25, -0.2) is 0 Å². The molecule has 1 aliphatic rings. The molecule has 1 aromatic carbocycles. The van der Waals surface area contributed by atoms with E-state index in [0.717, 1.165) is 43.7 Å². The highest BCUT2D eigenvalue weighted by molar-refractivity contribution is 14.0. The number of benzene rings is 1. The molecule has 0 unspecified atom stereocenters. The molecule has 136 valence electrons. The molecular formula is C17H28IN3O3. The van der Waals surface area contributed by atoms with Crippen molar-refractivity contribution in [3.8, 4) is 11.5 Å². The monoisotopic (exact) mass is 449 g/mol. The van der Waals surface area contributed by atoms with E-state index in [1.807, 2.05) is 18.2 Å². The Kier molecular flexibility index (Phi) is 9.85. The first-order valence-corrected chi connectivity index (χ1v) is 8.04. The maximum absolute atomic E-state index is 5.62. The zero-order valence-corrected chi connectivity index (χ0v) is 17.0. The Bertz CT molecular complexity index is 522. The third-order valence-corrected chi connectivity index (χ3v) is 3.68. The fourth-order valence-corrected chi connectivity index (χ4v) is 2.15. The van der Waals surface area contributed by atoms with Crippen LogP contribution >= 0.6 is 24.0 Å². The van der Waals surface area contributed by atoms with Crippen LogP contribution in [0, 0.1) is 5.92 Å². The summed E-state index contributed by atoms with van der Waals surface area (Å²) in [4.78, 5) is 4.22. The minimum atomic E-state index is 0. The van der Waals surface area contributed by atoms with E-state index in [1.165, 1.54) is 12.8 Å². The second-order valence-electron chi connectivity index (χ2n) is 5.57. The third-order valence-electron chi connectivity index (χ3n) is 3.68. The zero-order chi connectivity index (χ0) is 16.5. The molecule has 1 aliphatic carbocycles. The van der Waals surface area contributed by atoms with E-state index in [-0.39, 0.29) is 24.0 Å². The van der Waals surface area contributed by atoms with Gasteiger partial charge >= 0.3 is 0 Å². The van der Waals surface area contributed by atoms with Crippen molar-refractivity contribution in [1.82, 2.24) is 5.32 Å². The first-order valence-electron chi connectivity index (χ1n) is 8.04. The number of anilines is 1. The smallest absolute Gasteiger partial charge is 0.195 e. The highest BCUT2D eigenvalue weighted by atomic mass is 127. The number of rotatable bonds is 9. The van der Waals surface area contributed by atoms with Gasteiger partial charge in [0, 0.05) is 38.6 Å². The molecule has 6 nitrogen and oxygen atoms in total. The number of hydrogen-bond acceptors (Lipinski definition) is 4. The van der Waals surface area contributed by atoms with E-state index in [2.05, 4.69) is 15.6 Å². The molecule has 2 rings (SSSR count). The number of aliphatic imine (C=N–C) groups is 1. The van der Waals surface area contributed by atoms with E-state index in [4.69, 9.17) is 14.2 Å². The minimum Gasteiger partial charge on any atom is -0.493 e. The summed E-state index contributed by atoms with van der Waals surface area (Å²) in [7, 11) is 4.99. The lowest BCUT2D eigenvalue weighted by Gasteiger charge is -2.14. The van der Waals surface area contributed by atoms with Crippen LogP contribution in [0.5, 0.6) is 11.5 Å². The van der Waals surface area contributed by atoms with Crippen LogP contribution in [0.4, 0.5) is 5.69 Å². The highest BCUT2D eigenvalue weighted by Gasteiger charge is 2.20. The predicted molar refractivity (Wildman–Crippen MR) is 108 cm³/mol. The summed E-state index contributed by atoms with van der Waals surface area (Å²) >= 11 is 0. The lowest BCUT2D eigenvalue weighted by Crippen LogP contribution is -2.32. The van der Waals surface area contributed by atoms with Crippen molar-refractivity contribution in [1.29, 1.82) is 0 Å². The average Bonchev–Trinajstić information content (AvgIpc) is 3.40. The van der Waals surface area contributed by atoms with Crippen LogP contribution in [-0.4, -0.2) is 47.0 Å². The first kappa shape index (κ1) is 20.8. The number of hydrogen-bond donors (Lipinski definition) is 2. The first-order chi connectivity index (χ1) is 11.3. The molecule has 0 amide bonds. The number of guanidine groups is 1. The van der Waals surface area contributed by atoms with Crippen LogP contribution in [-0.2, 0) is 4.74 Å². The van der Waals surface area contributed by atoms with Crippen molar-refractivity contribution < 1.29 is 14.2 Å². The maximum Gasteiger partial charge on any atom is 0.195 e. The molecule has 7 heteroatoms. The van der Waals surface area contributed by atoms with Gasteiger partial charge in [-0.2, -0.15) is 0 Å². The number of nitrogens with one attached hydrogen (secondary N) is 2. The lowest BCUT2D eigenvalue weighted by atomic mass is 10.3. The molecule has 0 aromatic heterocycles. The molecule has 0 radical (unpaired) electrons. The Morgan fingerprint density at radius 1 is 1.21 bits per heavy atom. The van der Waals surface area contributed by atoms with Crippen molar-refractivity contribution in [2.24, 2.45) is 10.9 Å². The van der Waals surface area contributed by atoms with E-state index in [0.29, 0.717) is 11.5 Å². The van der Waals surface area contributed by atoms with Gasteiger partial charge in [0.25, 0.3) is 0 Å². The van der Waals surface area contributed by atoms with Crippen LogP contribution < -0.4 is 20.1 Å². The Morgan fingerprint density at radius 3 is 2.58 bits per heavy atom. The van der Waals surface area contributed by atoms with Gasteiger partial charge in [0.1, 0.15) is 0 Å². The molecule has 0 atom stereocenters. The zero-order valence-electron chi connectivity index (χ0n) is 14.6. The van der Waals surface area contributed by atoms with E-state index >= 15 is 0 Å². The second-order valence-corrected chi connectivity index (χ2v) is 5.57. The summed E-state index contributed by atoms with van der Waals surface area (Å²) in [6, 6.07) is 5.66. The fraction of sp³-hybridized carbons (Fsp3) is 0.588. The van der Waals surface area contributed by atoms with Gasteiger partial charge in [-0.05, 0) is 37.3 Å². The molecule has 0 heterocycles. The molecular weight excluding hydrogens is 421 g/mol. The maximum atomic E-state index is 5.62. The number of nitrogens with zero attached hydrogens (tertiary/aromatic N) is 1. The molecule has 0 spiro atoms. The number of halogens is 1. The van der Waals surface area contributed by atoms with Gasteiger partial charge < -0.3 is 24.8 Å². The predicted octanol–water partition coefficient (Wildman–Crippen LogP) is 3.13. The van der Waals surface area contributed by atoms with Crippen molar-refractivity contribution in [3.63, 3.8) is 0 Å². The molecule has 2 N–H and O–H groups in total. The van der Waals surface area contributed by atoms with E-state index in [1.54, 1.807) is 21.3 Å². The molecule has 1 aromatic rings. The quantitative estimate of drug-likeness (QED) is 0.263. The number of methoxy groups -OCH3 is 2. The summed E-state index contributed by atoms with van der Waals surface area (Å²) in [6.07, 6.45) is 3.62. The average molecular weight is 449 g/mol. The van der Waals surface area contributed by atoms with Gasteiger partial charge in [0.05, 0.1) is 14.2 Å². The highest BCUT2D eigenvalue weighted by Crippen LogP contribution is 2.30. The number of ether oxygens (including phenoxy) is 3. The molecule has 0 bridgehead atoms. The summed E-state index contributed by atoms with van der Waals surface area (Å²) in [5.74, 6) is 2.93. The van der Waals surface area contributed by atoms with Crippen molar-refractivity contribution >= 4 is 35.6 Å². The fourth-order valence-electron chi connectivity index (χ4n) is 2.15. The topological polar surface area (TPSA) is 64.1 Å². The van der Waals surface area contributed by atoms with E-state index < -0.39 is 0 Å². The Morgan fingerprint density at radius 2 is 1.96 bits per heavy atom. The summed E-state index contributed by atoms with van der Waals surface area (Å²) in [5, 5.41) is 6.51. The van der Waals surface area contributed by atoms with Crippen LogP contribution in [0.3, 0.4) is 0 Å². The summed E-state index contributed by atoms with van der Waals surface area (Å²) in [5.41, 5.74) is 0.890. The van der Waals surface area contributed by atoms with Gasteiger partial charge in [-0.3, -0.25) is 4.99 Å². The third kappa shape index (κ3) is 7.12. The SMILES string of the molecule is CN=C(NCCCOCC1CC1)Nc1ccc(OC)c(OC)c1.I.